The van der Waals surface area contributed by atoms with E-state index in [2.05, 4.69) is 69.2 Å². The molecular weight excluding hydrogens is 242 g/mol. The van der Waals surface area contributed by atoms with E-state index in [9.17, 15) is 0 Å². The fraction of sp³-hybridized carbons (Fsp3) is 1.00. The summed E-state index contributed by atoms with van der Waals surface area (Å²) in [4.78, 5) is 0. The van der Waals surface area contributed by atoms with Crippen molar-refractivity contribution < 1.29 is 24.1 Å². The van der Waals surface area contributed by atoms with Crippen LogP contribution in [0.25, 0.3) is 0 Å². The summed E-state index contributed by atoms with van der Waals surface area (Å²) < 4.78 is 7.35. The van der Waals surface area contributed by atoms with Gasteiger partial charge in [-0.15, -0.1) is 0 Å². The van der Waals surface area contributed by atoms with Gasteiger partial charge in [-0.05, 0) is 11.8 Å². The van der Waals surface area contributed by atoms with Crippen LogP contribution in [0.1, 0.15) is 83.5 Å². The van der Waals surface area contributed by atoms with Gasteiger partial charge < -0.3 is 5.22 Å². The third kappa shape index (κ3) is 8.19. The topological polar surface area (TPSA) is 9.23 Å². The minimum Gasteiger partial charge on any atom is -1.00 e. The Morgan fingerprint density at radius 3 is 1.47 bits per heavy atom. The van der Waals surface area contributed by atoms with Crippen LogP contribution in [0, 0.1) is 5.41 Å². The molecule has 19 heavy (non-hydrogen) atoms. The summed E-state index contributed by atoms with van der Waals surface area (Å²) in [7, 11) is 0. The molecule has 0 amide bonds. The van der Waals surface area contributed by atoms with Gasteiger partial charge in [-0.3, -0.25) is 0 Å². The Bertz CT molecular complexity index is 237. The van der Waals surface area contributed by atoms with Gasteiger partial charge in [0.25, 0.3) is 0 Å². The Hall–Kier alpha value is 1.09. The van der Waals surface area contributed by atoms with Gasteiger partial charge in [0, 0.05) is 6.10 Å². The fourth-order valence-electron chi connectivity index (χ4n) is 2.84. The van der Waals surface area contributed by atoms with E-state index in [4.69, 9.17) is 3.79 Å². The van der Waals surface area contributed by atoms with Gasteiger partial charge in [-0.25, -0.2) is 0 Å². The first-order valence-electron chi connectivity index (χ1n) is 7.45. The zero-order valence-corrected chi connectivity index (χ0v) is 16.6. The molecule has 0 aliphatic heterocycles. The van der Waals surface area contributed by atoms with Gasteiger partial charge in [-0.1, -0.05) is 84.2 Å². The molecule has 0 N–H and O–H groups in total. The van der Waals surface area contributed by atoms with Crippen molar-refractivity contribution >= 4 is 14.5 Å². The van der Waals surface area contributed by atoms with Gasteiger partial charge in [0.2, 0.25) is 0 Å². The zero-order chi connectivity index (χ0) is 14.8. The van der Waals surface area contributed by atoms with E-state index >= 15 is 0 Å². The molecule has 0 spiro atoms. The molecule has 1 nitrogen and oxygen atoms in total. The van der Waals surface area contributed by atoms with Crippen LogP contribution in [-0.4, -0.2) is 20.6 Å². The molecule has 110 valence electrons. The Morgan fingerprint density at radius 1 is 0.895 bits per heavy atom. The number of rotatable bonds is 4. The van der Waals surface area contributed by atoms with Gasteiger partial charge in [0.15, 0.2) is 0 Å². The van der Waals surface area contributed by atoms with Gasteiger partial charge in [-0.2, -0.15) is 0 Å². The van der Waals surface area contributed by atoms with Crippen LogP contribution in [0.2, 0.25) is 8.55 Å². The van der Waals surface area contributed by atoms with E-state index < -0.39 is 14.5 Å². The molecule has 0 aliphatic carbocycles. The molecule has 3 heteroatoms. The maximum absolute atomic E-state index is 6.72. The molecule has 0 bridgehead atoms. The van der Waals surface area contributed by atoms with Crippen molar-refractivity contribution in [2.45, 2.75) is 96.7 Å². The van der Waals surface area contributed by atoms with E-state index in [1.54, 1.807) is 0 Å². The SMILES string of the molecule is CCCC([O][Al]([C](C)(C)C)[C](C)(C)C)C(C)(C)C.[H-].[Li+]. The molecule has 0 aromatic heterocycles. The monoisotopic (exact) mass is 278 g/mol. The van der Waals surface area contributed by atoms with E-state index in [1.807, 2.05) is 0 Å². The molecule has 0 saturated carbocycles. The van der Waals surface area contributed by atoms with E-state index in [0.717, 1.165) is 0 Å². The van der Waals surface area contributed by atoms with Crippen LogP contribution in [-0.2, 0) is 3.79 Å². The molecule has 0 aromatic carbocycles. The molecular formula is C16H36AlLiO. The largest absolute Gasteiger partial charge is 1.00 e. The van der Waals surface area contributed by atoms with Crippen molar-refractivity contribution in [2.24, 2.45) is 5.41 Å². The Balaban J connectivity index is -0.00000144. The second kappa shape index (κ2) is 7.92. The minimum atomic E-state index is -1.30. The third-order valence-electron chi connectivity index (χ3n) is 3.39. The molecule has 0 fully saturated rings. The first-order valence-corrected chi connectivity index (χ1v) is 9.08. The first kappa shape index (κ1) is 22.4. The molecule has 0 radical (unpaired) electrons. The second-order valence-electron chi connectivity index (χ2n) is 8.89. The Labute approximate surface area is 140 Å². The Morgan fingerprint density at radius 2 is 1.26 bits per heavy atom. The summed E-state index contributed by atoms with van der Waals surface area (Å²) in [5.41, 5.74) is 0.248. The molecule has 0 aromatic rings. The molecule has 1 unspecified atom stereocenters. The van der Waals surface area contributed by atoms with Gasteiger partial charge in [0.1, 0.15) is 0 Å². The predicted octanol–water partition coefficient (Wildman–Crippen LogP) is 2.93. The summed E-state index contributed by atoms with van der Waals surface area (Å²) in [5, 5.41) is 0. The average molecular weight is 278 g/mol. The molecule has 0 rings (SSSR count). The van der Waals surface area contributed by atoms with E-state index in [-0.39, 0.29) is 25.7 Å². The maximum atomic E-state index is 6.72. The minimum absolute atomic E-state index is 0. The van der Waals surface area contributed by atoms with Gasteiger partial charge >= 0.3 is 33.3 Å². The smallest absolute Gasteiger partial charge is 1.00 e. The van der Waals surface area contributed by atoms with Crippen LogP contribution in [0.15, 0.2) is 0 Å². The summed E-state index contributed by atoms with van der Waals surface area (Å²) in [6.07, 6.45) is 2.79. The summed E-state index contributed by atoms with van der Waals surface area (Å²) in [6.45, 7) is 23.3. The number of hydrogen-bond acceptors (Lipinski definition) is 1. The van der Waals surface area contributed by atoms with Crippen LogP contribution < -0.4 is 18.9 Å². The van der Waals surface area contributed by atoms with Crippen molar-refractivity contribution in [2.75, 3.05) is 0 Å². The van der Waals surface area contributed by atoms with Crippen LogP contribution in [0.5, 0.6) is 0 Å². The van der Waals surface area contributed by atoms with Crippen LogP contribution >= 0.6 is 0 Å². The fourth-order valence-corrected chi connectivity index (χ4v) is 7.13. The van der Waals surface area contributed by atoms with Crippen LogP contribution in [0.3, 0.4) is 0 Å². The zero-order valence-electron chi connectivity index (χ0n) is 16.5. The molecule has 1 atom stereocenters. The van der Waals surface area contributed by atoms with Crippen molar-refractivity contribution in [3.8, 4) is 0 Å². The second-order valence-corrected chi connectivity index (χ2v) is 13.4. The molecule has 0 aliphatic rings. The predicted molar refractivity (Wildman–Crippen MR) is 85.5 cm³/mol. The summed E-state index contributed by atoms with van der Waals surface area (Å²) >= 11 is -1.30. The van der Waals surface area contributed by atoms with Crippen molar-refractivity contribution in [3.05, 3.63) is 0 Å². The quantitative estimate of drug-likeness (QED) is 0.719. The maximum Gasteiger partial charge on any atom is 1.00 e. The summed E-state index contributed by atoms with van der Waals surface area (Å²) in [5.74, 6) is 0. The normalized spacial score (nSPS) is 14.8. The number of hydrogen-bond donors (Lipinski definition) is 0. The summed E-state index contributed by atoms with van der Waals surface area (Å²) in [6, 6.07) is 0. The average Bonchev–Trinajstić information content (AvgIpc) is 2.05. The van der Waals surface area contributed by atoms with E-state index in [1.165, 1.54) is 12.8 Å². The van der Waals surface area contributed by atoms with Gasteiger partial charge in [0.05, 0.1) is 0 Å². The molecule has 0 heterocycles. The van der Waals surface area contributed by atoms with Crippen LogP contribution in [0.4, 0.5) is 0 Å². The third-order valence-corrected chi connectivity index (χ3v) is 7.14. The Kier molecular flexibility index (Phi) is 9.32. The molecule has 0 saturated heterocycles. The van der Waals surface area contributed by atoms with Crippen molar-refractivity contribution in [3.63, 3.8) is 0 Å². The van der Waals surface area contributed by atoms with Crippen molar-refractivity contribution in [1.82, 2.24) is 0 Å². The van der Waals surface area contributed by atoms with E-state index in [0.29, 0.717) is 14.7 Å². The first-order chi connectivity index (χ1) is 7.80. The standard InChI is InChI=1S/C8H17O.2C4H9.Al.Li.H/c1-5-6-7(9)8(2,3)4;2*1-4(2)3;;;/h7H,5-6H2,1-4H3;2*1-3H3;;;/q-1;;;2*+1;-1. The van der Waals surface area contributed by atoms with Crippen molar-refractivity contribution in [1.29, 1.82) is 0 Å².